The maximum absolute atomic E-state index is 12.7. The number of hydrogen-bond donors (Lipinski definition) is 1. The summed E-state index contributed by atoms with van der Waals surface area (Å²) in [5, 5.41) is 6.56. The molecule has 0 spiro atoms. The van der Waals surface area contributed by atoms with Gasteiger partial charge in [-0.05, 0) is 35.2 Å². The van der Waals surface area contributed by atoms with E-state index in [0.29, 0.717) is 11.6 Å². The minimum absolute atomic E-state index is 0.0116. The lowest BCUT2D eigenvalue weighted by Crippen LogP contribution is -2.38. The summed E-state index contributed by atoms with van der Waals surface area (Å²) in [6, 6.07) is 13.8. The fourth-order valence-electron chi connectivity index (χ4n) is 3.01. The van der Waals surface area contributed by atoms with Crippen LogP contribution >= 0.6 is 0 Å². The van der Waals surface area contributed by atoms with Gasteiger partial charge in [0.2, 0.25) is 27.6 Å². The fraction of sp³-hybridized carbons (Fsp3) is 0.348. The van der Waals surface area contributed by atoms with E-state index in [1.165, 1.54) is 31.9 Å². The van der Waals surface area contributed by atoms with Gasteiger partial charge in [0.25, 0.3) is 0 Å². The van der Waals surface area contributed by atoms with Gasteiger partial charge in [0, 0.05) is 12.6 Å². The third-order valence-corrected chi connectivity index (χ3v) is 6.87. The fourth-order valence-corrected chi connectivity index (χ4v) is 4.14. The maximum atomic E-state index is 12.7. The lowest BCUT2D eigenvalue weighted by Gasteiger charge is -2.18. The summed E-state index contributed by atoms with van der Waals surface area (Å²) in [5.41, 5.74) is 2.03. The minimum Gasteiger partial charge on any atom is -0.497 e. The number of sulfonamides is 1. The quantitative estimate of drug-likeness (QED) is 0.536. The Labute approximate surface area is 193 Å². The van der Waals surface area contributed by atoms with Crippen LogP contribution < -0.4 is 10.1 Å². The molecule has 1 heterocycles. The van der Waals surface area contributed by atoms with Gasteiger partial charge >= 0.3 is 0 Å². The summed E-state index contributed by atoms with van der Waals surface area (Å²) in [6.07, 6.45) is 0. The van der Waals surface area contributed by atoms with Crippen LogP contribution in [0.1, 0.15) is 32.2 Å². The maximum Gasteiger partial charge on any atom is 0.246 e. The summed E-state index contributed by atoms with van der Waals surface area (Å²) in [7, 11) is -0.989. The van der Waals surface area contributed by atoms with E-state index >= 15 is 0 Å². The molecule has 0 saturated carbocycles. The lowest BCUT2D eigenvalue weighted by molar-refractivity contribution is -0.121. The zero-order valence-corrected chi connectivity index (χ0v) is 20.1. The van der Waals surface area contributed by atoms with Crippen molar-refractivity contribution in [2.45, 2.75) is 37.6 Å². The number of nitrogens with one attached hydrogen (secondary N) is 1. The Kier molecular flexibility index (Phi) is 7.19. The molecular formula is C23H28N4O5S. The Bertz CT molecular complexity index is 1200. The monoisotopic (exact) mass is 472 g/mol. The second-order valence-electron chi connectivity index (χ2n) is 8.55. The number of amides is 1. The standard InChI is InChI=1S/C23H28N4O5S/c1-23(2,3)17-8-6-16(7-9-17)22-25-21(32-26-22)14-24-20(28)15-27(4)33(29,30)19-12-10-18(31-5)11-13-19/h6-13H,14-15H2,1-5H3,(H,24,28). The van der Waals surface area contributed by atoms with Crippen LogP contribution in [0.5, 0.6) is 5.75 Å². The number of ether oxygens (including phenoxy) is 1. The van der Waals surface area contributed by atoms with Crippen molar-refractivity contribution in [3.05, 3.63) is 60.0 Å². The smallest absolute Gasteiger partial charge is 0.246 e. The number of methoxy groups -OCH3 is 1. The molecule has 0 unspecified atom stereocenters. The van der Waals surface area contributed by atoms with Gasteiger partial charge in [-0.15, -0.1) is 0 Å². The Hall–Kier alpha value is -3.24. The van der Waals surface area contributed by atoms with Gasteiger partial charge in [-0.1, -0.05) is 50.2 Å². The minimum atomic E-state index is -3.82. The molecule has 1 aromatic heterocycles. The molecule has 0 aliphatic heterocycles. The van der Waals surface area contributed by atoms with Crippen molar-refractivity contribution in [1.29, 1.82) is 0 Å². The number of nitrogens with zero attached hydrogens (tertiary/aromatic N) is 3. The Morgan fingerprint density at radius 3 is 2.30 bits per heavy atom. The molecule has 9 nitrogen and oxygen atoms in total. The predicted molar refractivity (Wildman–Crippen MR) is 123 cm³/mol. The van der Waals surface area contributed by atoms with E-state index in [0.717, 1.165) is 9.87 Å². The highest BCUT2D eigenvalue weighted by Gasteiger charge is 2.23. The van der Waals surface area contributed by atoms with Crippen LogP contribution in [0.3, 0.4) is 0 Å². The molecule has 0 fully saturated rings. The SMILES string of the molecule is COc1ccc(S(=O)(=O)N(C)CC(=O)NCc2nc(-c3ccc(C(C)(C)C)cc3)no2)cc1. The average molecular weight is 473 g/mol. The van der Waals surface area contributed by atoms with Crippen molar-refractivity contribution >= 4 is 15.9 Å². The highest BCUT2D eigenvalue weighted by molar-refractivity contribution is 7.89. The topological polar surface area (TPSA) is 115 Å². The normalized spacial score (nSPS) is 12.1. The molecule has 176 valence electrons. The first-order chi connectivity index (χ1) is 15.5. The van der Waals surface area contributed by atoms with E-state index in [9.17, 15) is 13.2 Å². The van der Waals surface area contributed by atoms with Gasteiger partial charge in [0.15, 0.2) is 0 Å². The van der Waals surface area contributed by atoms with E-state index in [1.807, 2.05) is 24.3 Å². The van der Waals surface area contributed by atoms with Gasteiger partial charge in [0.05, 0.1) is 25.1 Å². The van der Waals surface area contributed by atoms with Gasteiger partial charge in [-0.2, -0.15) is 9.29 Å². The van der Waals surface area contributed by atoms with Crippen LogP contribution in [0.4, 0.5) is 0 Å². The zero-order valence-electron chi connectivity index (χ0n) is 19.3. The summed E-state index contributed by atoms with van der Waals surface area (Å²) in [4.78, 5) is 16.7. The van der Waals surface area contributed by atoms with Crippen LogP contribution in [-0.2, 0) is 26.8 Å². The number of benzene rings is 2. The second kappa shape index (κ2) is 9.72. The van der Waals surface area contributed by atoms with Crippen molar-refractivity contribution < 1.29 is 22.5 Å². The van der Waals surface area contributed by atoms with Crippen LogP contribution in [0.2, 0.25) is 0 Å². The first kappa shape index (κ1) is 24.4. The largest absolute Gasteiger partial charge is 0.497 e. The van der Waals surface area contributed by atoms with Gasteiger partial charge in [-0.25, -0.2) is 8.42 Å². The summed E-state index contributed by atoms with van der Waals surface area (Å²) in [6.45, 7) is 6.04. The molecular weight excluding hydrogens is 444 g/mol. The molecule has 0 bridgehead atoms. The van der Waals surface area contributed by atoms with E-state index in [4.69, 9.17) is 9.26 Å². The first-order valence-electron chi connectivity index (χ1n) is 10.3. The third kappa shape index (κ3) is 5.96. The molecule has 33 heavy (non-hydrogen) atoms. The number of carbonyl (C=O) groups is 1. The molecule has 3 rings (SSSR count). The molecule has 0 atom stereocenters. The van der Waals surface area contributed by atoms with E-state index < -0.39 is 15.9 Å². The number of aromatic nitrogens is 2. The molecule has 1 amide bonds. The Balaban J connectivity index is 1.57. The predicted octanol–water partition coefficient (Wildman–Crippen LogP) is 2.98. The molecule has 2 aromatic carbocycles. The average Bonchev–Trinajstić information content (AvgIpc) is 3.26. The molecule has 3 aromatic rings. The molecule has 1 N–H and O–H groups in total. The zero-order chi connectivity index (χ0) is 24.2. The summed E-state index contributed by atoms with van der Waals surface area (Å²) >= 11 is 0. The summed E-state index contributed by atoms with van der Waals surface area (Å²) < 4.78 is 36.5. The molecule has 0 saturated heterocycles. The van der Waals surface area contributed by atoms with Crippen molar-refractivity contribution in [2.75, 3.05) is 20.7 Å². The number of likely N-dealkylation sites (N-methyl/N-ethyl adjacent to an activating group) is 1. The first-order valence-corrected chi connectivity index (χ1v) is 11.8. The van der Waals surface area contributed by atoms with Crippen molar-refractivity contribution in [1.82, 2.24) is 19.8 Å². The number of carbonyl (C=O) groups excluding carboxylic acids is 1. The van der Waals surface area contributed by atoms with Crippen LogP contribution in [0.25, 0.3) is 11.4 Å². The summed E-state index contributed by atoms with van der Waals surface area (Å²) in [5.74, 6) is 0.681. The number of hydrogen-bond acceptors (Lipinski definition) is 7. The van der Waals surface area contributed by atoms with Crippen LogP contribution in [-0.4, -0.2) is 49.5 Å². The third-order valence-electron chi connectivity index (χ3n) is 5.05. The number of rotatable bonds is 8. The van der Waals surface area contributed by atoms with E-state index in [1.54, 1.807) is 12.1 Å². The second-order valence-corrected chi connectivity index (χ2v) is 10.6. The van der Waals surface area contributed by atoms with E-state index in [2.05, 4.69) is 36.2 Å². The van der Waals surface area contributed by atoms with E-state index in [-0.39, 0.29) is 29.3 Å². The molecule has 10 heteroatoms. The highest BCUT2D eigenvalue weighted by Crippen LogP contribution is 2.25. The van der Waals surface area contributed by atoms with Gasteiger partial charge < -0.3 is 14.6 Å². The highest BCUT2D eigenvalue weighted by atomic mass is 32.2. The Morgan fingerprint density at radius 2 is 1.73 bits per heavy atom. The molecule has 0 aliphatic carbocycles. The van der Waals surface area contributed by atoms with Crippen molar-refractivity contribution in [2.24, 2.45) is 0 Å². The van der Waals surface area contributed by atoms with Gasteiger partial charge in [-0.3, -0.25) is 4.79 Å². The van der Waals surface area contributed by atoms with Crippen molar-refractivity contribution in [3.8, 4) is 17.1 Å². The lowest BCUT2D eigenvalue weighted by atomic mass is 9.87. The Morgan fingerprint density at radius 1 is 1.09 bits per heavy atom. The molecule has 0 radical (unpaired) electrons. The van der Waals surface area contributed by atoms with Crippen molar-refractivity contribution in [3.63, 3.8) is 0 Å². The van der Waals surface area contributed by atoms with Crippen LogP contribution in [0.15, 0.2) is 57.9 Å². The van der Waals surface area contributed by atoms with Crippen LogP contribution in [0, 0.1) is 0 Å². The molecule has 0 aliphatic rings. The van der Waals surface area contributed by atoms with Gasteiger partial charge in [0.1, 0.15) is 5.75 Å².